The largest absolute Gasteiger partial charge is 0.481 e. The summed E-state index contributed by atoms with van der Waals surface area (Å²) in [6, 6.07) is 5.95. The van der Waals surface area contributed by atoms with Gasteiger partial charge in [-0.3, -0.25) is 4.79 Å². The van der Waals surface area contributed by atoms with Gasteiger partial charge in [-0.25, -0.2) is 4.79 Å². The van der Waals surface area contributed by atoms with Crippen LogP contribution in [0, 0.1) is 16.7 Å². The Morgan fingerprint density at radius 2 is 2.14 bits per heavy atom. The summed E-state index contributed by atoms with van der Waals surface area (Å²) in [5, 5.41) is 23.3. The number of carboxylic acid groups (broad SMARTS) is 1. The van der Waals surface area contributed by atoms with Gasteiger partial charge in [0, 0.05) is 12.2 Å². The first-order valence-corrected chi connectivity index (χ1v) is 6.82. The molecule has 1 aromatic carbocycles. The van der Waals surface area contributed by atoms with Crippen molar-refractivity contribution in [1.82, 2.24) is 5.32 Å². The molecule has 0 spiro atoms. The normalized spacial score (nSPS) is 15.4. The number of benzene rings is 1. The Balaban J connectivity index is 1.92. The van der Waals surface area contributed by atoms with Crippen molar-refractivity contribution in [1.29, 1.82) is 5.26 Å². The number of carboxylic acids is 1. The van der Waals surface area contributed by atoms with Gasteiger partial charge in [0.2, 0.25) is 0 Å². The number of nitriles is 1. The summed E-state index contributed by atoms with van der Waals surface area (Å²) >= 11 is 5.86. The standard InChI is InChI=1S/C14H14ClN3O3/c15-11-6-10(3-2-9(11)7-16)18-13(21)17-8-14(12(19)20)4-1-5-14/h2-3,6H,1,4-5,8H2,(H,19,20)(H2,17,18,21). The monoisotopic (exact) mass is 307 g/mol. The van der Waals surface area contributed by atoms with Crippen LogP contribution in [-0.2, 0) is 4.79 Å². The van der Waals surface area contributed by atoms with Crippen LogP contribution in [0.25, 0.3) is 0 Å². The number of nitrogens with zero attached hydrogens (tertiary/aromatic N) is 1. The maximum absolute atomic E-state index is 11.8. The third kappa shape index (κ3) is 3.26. The molecule has 0 aliphatic heterocycles. The molecule has 1 saturated carbocycles. The summed E-state index contributed by atoms with van der Waals surface area (Å²) in [7, 11) is 0. The Bertz CT molecular complexity index is 620. The Kier molecular flexibility index (Phi) is 4.34. The van der Waals surface area contributed by atoms with E-state index in [1.54, 1.807) is 6.07 Å². The first-order valence-electron chi connectivity index (χ1n) is 6.45. The number of carbonyl (C=O) groups excluding carboxylic acids is 1. The van der Waals surface area contributed by atoms with Crippen LogP contribution in [0.1, 0.15) is 24.8 Å². The molecule has 1 aliphatic carbocycles. The number of hydrogen-bond donors (Lipinski definition) is 3. The molecular weight excluding hydrogens is 294 g/mol. The molecule has 0 unspecified atom stereocenters. The second-order valence-electron chi connectivity index (χ2n) is 5.05. The van der Waals surface area contributed by atoms with Crippen molar-refractivity contribution in [3.63, 3.8) is 0 Å². The molecule has 0 radical (unpaired) electrons. The summed E-state index contributed by atoms with van der Waals surface area (Å²) in [4.78, 5) is 22.9. The highest BCUT2D eigenvalue weighted by Crippen LogP contribution is 2.40. The van der Waals surface area contributed by atoms with E-state index in [4.69, 9.17) is 22.0 Å². The Morgan fingerprint density at radius 1 is 1.43 bits per heavy atom. The number of aliphatic carboxylic acids is 1. The van der Waals surface area contributed by atoms with Crippen molar-refractivity contribution in [2.75, 3.05) is 11.9 Å². The van der Waals surface area contributed by atoms with Crippen LogP contribution in [0.3, 0.4) is 0 Å². The van der Waals surface area contributed by atoms with Crippen LogP contribution in [0.2, 0.25) is 5.02 Å². The molecule has 0 bridgehead atoms. The number of nitrogens with one attached hydrogen (secondary N) is 2. The molecule has 0 saturated heterocycles. The van der Waals surface area contributed by atoms with E-state index >= 15 is 0 Å². The molecule has 1 aromatic rings. The lowest BCUT2D eigenvalue weighted by Gasteiger charge is -2.37. The minimum atomic E-state index is -0.879. The summed E-state index contributed by atoms with van der Waals surface area (Å²) in [5.41, 5.74) is -0.0731. The highest BCUT2D eigenvalue weighted by molar-refractivity contribution is 6.32. The van der Waals surface area contributed by atoms with E-state index in [-0.39, 0.29) is 11.6 Å². The van der Waals surface area contributed by atoms with Crippen LogP contribution in [0.4, 0.5) is 10.5 Å². The Hall–Kier alpha value is -2.26. The van der Waals surface area contributed by atoms with Crippen molar-refractivity contribution < 1.29 is 14.7 Å². The Morgan fingerprint density at radius 3 is 2.62 bits per heavy atom. The van der Waals surface area contributed by atoms with Gasteiger partial charge < -0.3 is 15.7 Å². The fourth-order valence-electron chi connectivity index (χ4n) is 2.18. The van der Waals surface area contributed by atoms with E-state index in [9.17, 15) is 9.59 Å². The molecule has 2 rings (SSSR count). The van der Waals surface area contributed by atoms with Crippen LogP contribution in [0.15, 0.2) is 18.2 Å². The van der Waals surface area contributed by atoms with Gasteiger partial charge in [-0.15, -0.1) is 0 Å². The maximum atomic E-state index is 11.8. The lowest BCUT2D eigenvalue weighted by molar-refractivity contribution is -0.153. The summed E-state index contributed by atoms with van der Waals surface area (Å²) in [6.07, 6.45) is 2.01. The fourth-order valence-corrected chi connectivity index (χ4v) is 2.40. The number of anilines is 1. The average molecular weight is 308 g/mol. The minimum absolute atomic E-state index is 0.0954. The van der Waals surface area contributed by atoms with Gasteiger partial charge in [-0.1, -0.05) is 18.0 Å². The number of rotatable bonds is 4. The zero-order valence-electron chi connectivity index (χ0n) is 11.1. The van der Waals surface area contributed by atoms with E-state index in [1.807, 2.05) is 6.07 Å². The molecule has 110 valence electrons. The van der Waals surface area contributed by atoms with Gasteiger partial charge in [0.15, 0.2) is 0 Å². The molecule has 1 fully saturated rings. The van der Waals surface area contributed by atoms with Crippen LogP contribution in [0.5, 0.6) is 0 Å². The van der Waals surface area contributed by atoms with Gasteiger partial charge >= 0.3 is 12.0 Å². The summed E-state index contributed by atoms with van der Waals surface area (Å²) in [5.74, 6) is -0.879. The second-order valence-corrected chi connectivity index (χ2v) is 5.46. The molecule has 1 aliphatic rings. The van der Waals surface area contributed by atoms with Gasteiger partial charge in [0.05, 0.1) is 16.0 Å². The molecule has 2 amide bonds. The quantitative estimate of drug-likeness (QED) is 0.795. The lowest BCUT2D eigenvalue weighted by Crippen LogP contribution is -2.48. The zero-order chi connectivity index (χ0) is 15.5. The topological polar surface area (TPSA) is 102 Å². The van der Waals surface area contributed by atoms with Crippen molar-refractivity contribution in [2.24, 2.45) is 5.41 Å². The first-order chi connectivity index (χ1) is 9.97. The number of carbonyl (C=O) groups is 2. The zero-order valence-corrected chi connectivity index (χ0v) is 11.9. The van der Waals surface area contributed by atoms with E-state index in [2.05, 4.69) is 10.6 Å². The van der Waals surface area contributed by atoms with Gasteiger partial charge in [-0.2, -0.15) is 5.26 Å². The number of hydrogen-bond acceptors (Lipinski definition) is 3. The van der Waals surface area contributed by atoms with Gasteiger partial charge in [0.25, 0.3) is 0 Å². The van der Waals surface area contributed by atoms with Gasteiger partial charge in [0.1, 0.15) is 6.07 Å². The highest BCUT2D eigenvalue weighted by atomic mass is 35.5. The third-order valence-corrected chi connectivity index (χ3v) is 4.01. The fraction of sp³-hybridized carbons (Fsp3) is 0.357. The number of amides is 2. The number of urea groups is 1. The van der Waals surface area contributed by atoms with E-state index in [0.29, 0.717) is 24.1 Å². The molecule has 0 atom stereocenters. The first kappa shape index (κ1) is 15.1. The van der Waals surface area contributed by atoms with E-state index in [1.165, 1.54) is 12.1 Å². The van der Waals surface area contributed by atoms with Crippen LogP contribution >= 0.6 is 11.6 Å². The Labute approximate surface area is 126 Å². The smallest absolute Gasteiger partial charge is 0.319 e. The van der Waals surface area contributed by atoms with Crippen LogP contribution in [-0.4, -0.2) is 23.7 Å². The van der Waals surface area contributed by atoms with E-state index < -0.39 is 17.4 Å². The maximum Gasteiger partial charge on any atom is 0.319 e. The SMILES string of the molecule is N#Cc1ccc(NC(=O)NCC2(C(=O)O)CCC2)cc1Cl. The van der Waals surface area contributed by atoms with E-state index in [0.717, 1.165) is 6.42 Å². The van der Waals surface area contributed by atoms with Crippen molar-refractivity contribution >= 4 is 29.3 Å². The predicted molar refractivity (Wildman–Crippen MR) is 77.1 cm³/mol. The lowest BCUT2D eigenvalue weighted by atomic mass is 9.69. The molecular formula is C14H14ClN3O3. The molecule has 3 N–H and O–H groups in total. The van der Waals surface area contributed by atoms with Crippen molar-refractivity contribution in [3.8, 4) is 6.07 Å². The number of halogens is 1. The van der Waals surface area contributed by atoms with Crippen LogP contribution < -0.4 is 10.6 Å². The van der Waals surface area contributed by atoms with Crippen molar-refractivity contribution in [3.05, 3.63) is 28.8 Å². The minimum Gasteiger partial charge on any atom is -0.481 e. The molecule has 0 heterocycles. The third-order valence-electron chi connectivity index (χ3n) is 3.70. The predicted octanol–water partition coefficient (Wildman–Crippen LogP) is 2.59. The summed E-state index contributed by atoms with van der Waals surface area (Å²) in [6.45, 7) is 0.0954. The highest BCUT2D eigenvalue weighted by Gasteiger charge is 2.44. The molecule has 0 aromatic heterocycles. The molecule has 21 heavy (non-hydrogen) atoms. The second kappa shape index (κ2) is 6.02. The average Bonchev–Trinajstić information content (AvgIpc) is 2.37. The summed E-state index contributed by atoms with van der Waals surface area (Å²) < 4.78 is 0. The van der Waals surface area contributed by atoms with Gasteiger partial charge in [-0.05, 0) is 31.0 Å². The van der Waals surface area contributed by atoms with Crippen molar-refractivity contribution in [2.45, 2.75) is 19.3 Å². The molecule has 6 nitrogen and oxygen atoms in total. The molecule has 7 heteroatoms.